The summed E-state index contributed by atoms with van der Waals surface area (Å²) in [6.45, 7) is 3.75. The van der Waals surface area contributed by atoms with E-state index >= 15 is 0 Å². The van der Waals surface area contributed by atoms with Crippen LogP contribution in [0, 0.1) is 18.7 Å². The lowest BCUT2D eigenvalue weighted by Gasteiger charge is -2.25. The minimum atomic E-state index is -1.04. The lowest BCUT2D eigenvalue weighted by Crippen LogP contribution is -2.22. The van der Waals surface area contributed by atoms with Gasteiger partial charge in [-0.3, -0.25) is 5.32 Å². The van der Waals surface area contributed by atoms with Gasteiger partial charge >= 0.3 is 12.1 Å². The molecule has 0 aliphatic heterocycles. The van der Waals surface area contributed by atoms with Gasteiger partial charge in [0.05, 0.1) is 0 Å². The lowest BCUT2D eigenvalue weighted by atomic mass is 9.93. The number of allylic oxidation sites excluding steroid dienone is 1. The first-order valence-corrected chi connectivity index (χ1v) is 9.18. The van der Waals surface area contributed by atoms with E-state index in [1.165, 1.54) is 18.2 Å². The van der Waals surface area contributed by atoms with Gasteiger partial charge in [-0.25, -0.2) is 14.0 Å². The second kappa shape index (κ2) is 10.3. The van der Waals surface area contributed by atoms with E-state index in [0.717, 1.165) is 17.7 Å². The van der Waals surface area contributed by atoms with Crippen LogP contribution in [0.25, 0.3) is 0 Å². The number of aromatic hydroxyl groups is 1. The molecule has 1 amide bonds. The summed E-state index contributed by atoms with van der Waals surface area (Å²) in [6.07, 6.45) is 2.04. The highest BCUT2D eigenvalue weighted by molar-refractivity contribution is 5.84. The maximum Gasteiger partial charge on any atom is 0.412 e. The second-order valence-electron chi connectivity index (χ2n) is 6.82. The first-order chi connectivity index (χ1) is 13.8. The molecule has 0 aromatic heterocycles. The molecular weight excluding hydrogens is 377 g/mol. The Morgan fingerprint density at radius 3 is 2.52 bits per heavy atom. The number of amides is 1. The lowest BCUT2D eigenvalue weighted by molar-refractivity contribution is -0.131. The molecule has 7 heteroatoms. The third-order valence-electron chi connectivity index (χ3n) is 4.40. The van der Waals surface area contributed by atoms with Crippen LogP contribution in [0.3, 0.4) is 0 Å². The molecule has 2 atom stereocenters. The Morgan fingerprint density at radius 2 is 1.90 bits per heavy atom. The van der Waals surface area contributed by atoms with E-state index in [1.54, 1.807) is 12.1 Å². The van der Waals surface area contributed by atoms with Crippen molar-refractivity contribution in [1.82, 2.24) is 0 Å². The number of aryl methyl sites for hydroxylation is 1. The molecule has 6 nitrogen and oxygen atoms in total. The molecule has 0 saturated carbocycles. The van der Waals surface area contributed by atoms with Gasteiger partial charge in [-0.1, -0.05) is 36.8 Å². The number of benzene rings is 2. The SMILES string of the molecule is Cc1ccc(NC(=O)O[C@@H](c2ccc(O)c(F)c2)[C@@H](C)CC/C=C/C(=O)O)cc1. The van der Waals surface area contributed by atoms with E-state index in [4.69, 9.17) is 9.84 Å². The Labute approximate surface area is 168 Å². The van der Waals surface area contributed by atoms with Gasteiger partial charge < -0.3 is 14.9 Å². The van der Waals surface area contributed by atoms with Crippen molar-refractivity contribution in [3.8, 4) is 5.75 Å². The van der Waals surface area contributed by atoms with Crippen LogP contribution in [0.4, 0.5) is 14.9 Å². The molecular formula is C22H24FNO5. The highest BCUT2D eigenvalue weighted by atomic mass is 19.1. The molecule has 29 heavy (non-hydrogen) atoms. The molecule has 0 saturated heterocycles. The van der Waals surface area contributed by atoms with Crippen LogP contribution in [0.2, 0.25) is 0 Å². The van der Waals surface area contributed by atoms with Crippen molar-refractivity contribution in [2.24, 2.45) is 5.92 Å². The zero-order chi connectivity index (χ0) is 21.4. The van der Waals surface area contributed by atoms with Crippen LogP contribution in [0.1, 0.15) is 37.0 Å². The summed E-state index contributed by atoms with van der Waals surface area (Å²) in [6, 6.07) is 11.0. The molecule has 0 radical (unpaired) electrons. The third kappa shape index (κ3) is 6.95. The number of phenolic OH excluding ortho intramolecular Hbond substituents is 1. The minimum Gasteiger partial charge on any atom is -0.505 e. The molecule has 0 unspecified atom stereocenters. The van der Waals surface area contributed by atoms with Gasteiger partial charge in [0.25, 0.3) is 0 Å². The van der Waals surface area contributed by atoms with Crippen LogP contribution in [-0.2, 0) is 9.53 Å². The summed E-state index contributed by atoms with van der Waals surface area (Å²) in [4.78, 5) is 23.0. The predicted octanol–water partition coefficient (Wildman–Crippen LogP) is 5.19. The topological polar surface area (TPSA) is 95.9 Å². The zero-order valence-electron chi connectivity index (χ0n) is 16.3. The summed E-state index contributed by atoms with van der Waals surface area (Å²) < 4.78 is 19.4. The number of nitrogens with one attached hydrogen (secondary N) is 1. The minimum absolute atomic E-state index is 0.235. The van der Waals surface area contributed by atoms with E-state index in [-0.39, 0.29) is 5.92 Å². The Balaban J connectivity index is 2.14. The van der Waals surface area contributed by atoms with Gasteiger partial charge in [0, 0.05) is 11.8 Å². The number of anilines is 1. The smallest absolute Gasteiger partial charge is 0.412 e. The fraction of sp³-hybridized carbons (Fsp3) is 0.273. The number of hydrogen-bond donors (Lipinski definition) is 3. The number of ether oxygens (including phenoxy) is 1. The average molecular weight is 401 g/mol. The number of carboxylic acids is 1. The highest BCUT2D eigenvalue weighted by Crippen LogP contribution is 2.32. The normalized spacial score (nSPS) is 13.1. The molecule has 154 valence electrons. The summed E-state index contributed by atoms with van der Waals surface area (Å²) in [5.74, 6) is -2.58. The van der Waals surface area contributed by atoms with Gasteiger partial charge in [0.1, 0.15) is 6.10 Å². The van der Waals surface area contributed by atoms with Gasteiger partial charge in [0.2, 0.25) is 0 Å². The molecule has 2 aromatic rings. The molecule has 2 rings (SSSR count). The van der Waals surface area contributed by atoms with Crippen LogP contribution < -0.4 is 5.32 Å². The van der Waals surface area contributed by atoms with Crippen molar-refractivity contribution in [3.63, 3.8) is 0 Å². The molecule has 0 bridgehead atoms. The third-order valence-corrected chi connectivity index (χ3v) is 4.40. The number of carboxylic acid groups (broad SMARTS) is 1. The van der Waals surface area contributed by atoms with Crippen molar-refractivity contribution >= 4 is 17.7 Å². The number of carbonyl (C=O) groups excluding carboxylic acids is 1. The number of hydrogen-bond acceptors (Lipinski definition) is 4. The Bertz CT molecular complexity index is 879. The van der Waals surface area contributed by atoms with Gasteiger partial charge in [-0.2, -0.15) is 0 Å². The molecule has 2 aromatic carbocycles. The second-order valence-corrected chi connectivity index (χ2v) is 6.82. The van der Waals surface area contributed by atoms with E-state index in [2.05, 4.69) is 5.32 Å². The maximum absolute atomic E-state index is 13.8. The van der Waals surface area contributed by atoms with Crippen molar-refractivity contribution in [3.05, 3.63) is 71.6 Å². The van der Waals surface area contributed by atoms with Crippen LogP contribution >= 0.6 is 0 Å². The highest BCUT2D eigenvalue weighted by Gasteiger charge is 2.24. The van der Waals surface area contributed by atoms with E-state index in [0.29, 0.717) is 24.1 Å². The number of aliphatic carboxylic acids is 1. The largest absolute Gasteiger partial charge is 0.505 e. The predicted molar refractivity (Wildman–Crippen MR) is 107 cm³/mol. The van der Waals surface area contributed by atoms with Crippen molar-refractivity contribution in [1.29, 1.82) is 0 Å². The monoisotopic (exact) mass is 401 g/mol. The molecule has 3 N–H and O–H groups in total. The summed E-state index contributed by atoms with van der Waals surface area (Å²) in [5, 5.41) is 20.7. The zero-order valence-corrected chi connectivity index (χ0v) is 16.3. The summed E-state index contributed by atoms with van der Waals surface area (Å²) in [5.41, 5.74) is 2.01. The van der Waals surface area contributed by atoms with Crippen molar-refractivity contribution in [2.45, 2.75) is 32.8 Å². The van der Waals surface area contributed by atoms with Crippen LogP contribution in [-0.4, -0.2) is 22.3 Å². The molecule has 0 aliphatic rings. The fourth-order valence-electron chi connectivity index (χ4n) is 2.81. The van der Waals surface area contributed by atoms with E-state index < -0.39 is 29.7 Å². The van der Waals surface area contributed by atoms with Crippen LogP contribution in [0.5, 0.6) is 5.75 Å². The first kappa shape index (κ1) is 21.9. The quantitative estimate of drug-likeness (QED) is 0.529. The Kier molecular flexibility index (Phi) is 7.77. The molecule has 0 heterocycles. The van der Waals surface area contributed by atoms with E-state index in [9.17, 15) is 19.1 Å². The van der Waals surface area contributed by atoms with Gasteiger partial charge in [-0.05, 0) is 55.5 Å². The van der Waals surface area contributed by atoms with Gasteiger partial charge in [0.15, 0.2) is 11.6 Å². The number of halogens is 1. The number of rotatable bonds is 8. The van der Waals surface area contributed by atoms with E-state index in [1.807, 2.05) is 26.0 Å². The first-order valence-electron chi connectivity index (χ1n) is 9.18. The van der Waals surface area contributed by atoms with Crippen LogP contribution in [0.15, 0.2) is 54.6 Å². The standard InChI is InChI=1S/C22H24FNO5/c1-14-7-10-17(11-8-14)24-22(28)29-21(15(2)5-3-4-6-20(26)27)16-9-12-19(25)18(23)13-16/h4,6-13,15,21,25H,3,5H2,1-2H3,(H,24,28)(H,26,27)/b6-4+/t15-,21+/m0/s1. The number of phenols is 1. The van der Waals surface area contributed by atoms with Crippen molar-refractivity contribution < 1.29 is 28.9 Å². The Morgan fingerprint density at radius 1 is 1.21 bits per heavy atom. The van der Waals surface area contributed by atoms with Crippen molar-refractivity contribution in [2.75, 3.05) is 5.32 Å². The maximum atomic E-state index is 13.8. The summed E-state index contributed by atoms with van der Waals surface area (Å²) in [7, 11) is 0. The molecule has 0 spiro atoms. The van der Waals surface area contributed by atoms with Gasteiger partial charge in [-0.15, -0.1) is 0 Å². The molecule has 0 aliphatic carbocycles. The number of carbonyl (C=O) groups is 2. The summed E-state index contributed by atoms with van der Waals surface area (Å²) >= 11 is 0. The Hall–Kier alpha value is -3.35. The molecule has 0 fully saturated rings. The fourth-order valence-corrected chi connectivity index (χ4v) is 2.81. The average Bonchev–Trinajstić information content (AvgIpc) is 2.67.